The van der Waals surface area contributed by atoms with Crippen molar-refractivity contribution >= 4 is 17.7 Å². The molecule has 0 saturated heterocycles. The summed E-state index contributed by atoms with van der Waals surface area (Å²) in [6.07, 6.45) is 8.14. The van der Waals surface area contributed by atoms with Crippen LogP contribution in [0.2, 0.25) is 0 Å². The first-order valence-corrected chi connectivity index (χ1v) is 10.1. The molecular formula is C24H33NO2. The molecule has 0 aromatic heterocycles. The van der Waals surface area contributed by atoms with Crippen LogP contribution in [0.5, 0.6) is 5.75 Å². The molecule has 2 aromatic rings. The lowest BCUT2D eigenvalue weighted by molar-refractivity contribution is 0.112. The van der Waals surface area contributed by atoms with Gasteiger partial charge in [0.25, 0.3) is 0 Å². The third-order valence-electron chi connectivity index (χ3n) is 5.09. The first-order valence-electron chi connectivity index (χ1n) is 10.1. The molecule has 1 N–H and O–H groups in total. The number of carbonyl (C=O) groups excluding carboxylic acids is 1. The van der Waals surface area contributed by atoms with Crippen LogP contribution < -0.4 is 4.90 Å². The quantitative estimate of drug-likeness (QED) is 0.378. The van der Waals surface area contributed by atoms with Crippen molar-refractivity contribution in [2.45, 2.75) is 66.2 Å². The summed E-state index contributed by atoms with van der Waals surface area (Å²) in [5, 5.41) is 10.2. The number of aldehydes is 1. The Morgan fingerprint density at radius 1 is 0.926 bits per heavy atom. The predicted octanol–water partition coefficient (Wildman–Crippen LogP) is 6.63. The summed E-state index contributed by atoms with van der Waals surface area (Å²) in [5.41, 5.74) is 6.19. The van der Waals surface area contributed by atoms with Gasteiger partial charge in [-0.25, -0.2) is 0 Å². The first-order chi connectivity index (χ1) is 13.0. The third kappa shape index (κ3) is 5.59. The molecule has 0 aliphatic heterocycles. The Labute approximate surface area is 164 Å². The molecule has 27 heavy (non-hydrogen) atoms. The molecule has 0 heterocycles. The molecule has 0 aliphatic carbocycles. The van der Waals surface area contributed by atoms with Crippen molar-refractivity contribution in [3.63, 3.8) is 0 Å². The SMILES string of the molecule is CCCCCCCCN(c1ccc(C=O)c(O)c1)c1c(C)cc(C)cc1C. The average molecular weight is 368 g/mol. The highest BCUT2D eigenvalue weighted by Crippen LogP contribution is 2.35. The Hall–Kier alpha value is -2.29. The number of anilines is 2. The van der Waals surface area contributed by atoms with Crippen molar-refractivity contribution < 1.29 is 9.90 Å². The average Bonchev–Trinajstić information content (AvgIpc) is 2.62. The molecule has 0 saturated carbocycles. The smallest absolute Gasteiger partial charge is 0.153 e. The first kappa shape index (κ1) is 21.0. The summed E-state index contributed by atoms with van der Waals surface area (Å²) in [7, 11) is 0. The molecule has 2 aromatic carbocycles. The Kier molecular flexibility index (Phi) is 7.90. The van der Waals surface area contributed by atoms with Crippen molar-refractivity contribution in [1.29, 1.82) is 0 Å². The molecule has 0 radical (unpaired) electrons. The van der Waals surface area contributed by atoms with Gasteiger partial charge in [-0.15, -0.1) is 0 Å². The molecule has 3 heteroatoms. The fourth-order valence-electron chi connectivity index (χ4n) is 3.82. The summed E-state index contributed by atoms with van der Waals surface area (Å²) < 4.78 is 0. The number of rotatable bonds is 10. The molecule has 0 fully saturated rings. The van der Waals surface area contributed by atoms with E-state index in [0.717, 1.165) is 18.7 Å². The summed E-state index contributed by atoms with van der Waals surface area (Å²) in [5.74, 6) is 0.0397. The van der Waals surface area contributed by atoms with Crippen LogP contribution in [0.3, 0.4) is 0 Å². The highest BCUT2D eigenvalue weighted by Gasteiger charge is 2.16. The normalized spacial score (nSPS) is 10.8. The summed E-state index contributed by atoms with van der Waals surface area (Å²) >= 11 is 0. The van der Waals surface area contributed by atoms with Gasteiger partial charge in [0, 0.05) is 24.0 Å². The van der Waals surface area contributed by atoms with E-state index in [2.05, 4.69) is 44.7 Å². The van der Waals surface area contributed by atoms with Crippen LogP contribution in [-0.2, 0) is 0 Å². The van der Waals surface area contributed by atoms with Crippen molar-refractivity contribution in [3.05, 3.63) is 52.6 Å². The molecule has 0 spiro atoms. The maximum atomic E-state index is 11.0. The van der Waals surface area contributed by atoms with Crippen LogP contribution in [0, 0.1) is 20.8 Å². The van der Waals surface area contributed by atoms with Gasteiger partial charge in [-0.2, -0.15) is 0 Å². The Bertz CT molecular complexity index is 744. The number of hydrogen-bond acceptors (Lipinski definition) is 3. The van der Waals surface area contributed by atoms with E-state index in [-0.39, 0.29) is 5.75 Å². The molecule has 3 nitrogen and oxygen atoms in total. The van der Waals surface area contributed by atoms with Crippen molar-refractivity contribution in [2.24, 2.45) is 0 Å². The van der Waals surface area contributed by atoms with E-state index >= 15 is 0 Å². The minimum absolute atomic E-state index is 0.0397. The van der Waals surface area contributed by atoms with Crippen LogP contribution in [0.15, 0.2) is 30.3 Å². The molecule has 0 bridgehead atoms. The third-order valence-corrected chi connectivity index (χ3v) is 5.09. The molecule has 0 atom stereocenters. The van der Waals surface area contributed by atoms with E-state index in [9.17, 15) is 9.90 Å². The maximum Gasteiger partial charge on any atom is 0.153 e. The van der Waals surface area contributed by atoms with Crippen molar-refractivity contribution in [2.75, 3.05) is 11.4 Å². The summed E-state index contributed by atoms with van der Waals surface area (Å²) in [6.45, 7) is 9.54. The topological polar surface area (TPSA) is 40.5 Å². The van der Waals surface area contributed by atoms with Gasteiger partial charge in [-0.3, -0.25) is 4.79 Å². The minimum atomic E-state index is 0.0397. The van der Waals surface area contributed by atoms with Gasteiger partial charge in [-0.1, -0.05) is 56.7 Å². The number of aryl methyl sites for hydroxylation is 3. The van der Waals surface area contributed by atoms with E-state index in [0.29, 0.717) is 11.8 Å². The zero-order chi connectivity index (χ0) is 19.8. The fourth-order valence-corrected chi connectivity index (χ4v) is 3.82. The number of carbonyl (C=O) groups is 1. The fraction of sp³-hybridized carbons (Fsp3) is 0.458. The van der Waals surface area contributed by atoms with E-state index in [1.54, 1.807) is 12.1 Å². The molecule has 0 aliphatic rings. The Balaban J connectivity index is 2.29. The van der Waals surface area contributed by atoms with Gasteiger partial charge in [-0.05, 0) is 50.5 Å². The number of aromatic hydroxyl groups is 1. The molecule has 0 amide bonds. The van der Waals surface area contributed by atoms with Gasteiger partial charge >= 0.3 is 0 Å². The van der Waals surface area contributed by atoms with E-state index in [1.165, 1.54) is 54.5 Å². The lowest BCUT2D eigenvalue weighted by Crippen LogP contribution is -2.20. The number of phenolic OH excluding ortho intramolecular Hbond substituents is 1. The number of hydrogen-bond donors (Lipinski definition) is 1. The van der Waals surface area contributed by atoms with E-state index < -0.39 is 0 Å². The molecular weight excluding hydrogens is 334 g/mol. The zero-order valence-corrected chi connectivity index (χ0v) is 17.2. The predicted molar refractivity (Wildman–Crippen MR) is 115 cm³/mol. The van der Waals surface area contributed by atoms with Gasteiger partial charge < -0.3 is 10.0 Å². The number of benzene rings is 2. The van der Waals surface area contributed by atoms with Crippen molar-refractivity contribution in [1.82, 2.24) is 0 Å². The van der Waals surface area contributed by atoms with Crippen LogP contribution in [0.25, 0.3) is 0 Å². The van der Waals surface area contributed by atoms with Crippen LogP contribution >= 0.6 is 0 Å². The van der Waals surface area contributed by atoms with Crippen molar-refractivity contribution in [3.8, 4) is 5.75 Å². The second kappa shape index (κ2) is 10.1. The highest BCUT2D eigenvalue weighted by molar-refractivity contribution is 5.81. The second-order valence-electron chi connectivity index (χ2n) is 7.53. The largest absolute Gasteiger partial charge is 0.507 e. The number of phenols is 1. The van der Waals surface area contributed by atoms with Crippen LogP contribution in [0.4, 0.5) is 11.4 Å². The van der Waals surface area contributed by atoms with E-state index in [1.807, 2.05) is 6.07 Å². The Morgan fingerprint density at radius 3 is 2.15 bits per heavy atom. The summed E-state index contributed by atoms with van der Waals surface area (Å²) in [4.78, 5) is 13.3. The van der Waals surface area contributed by atoms with Gasteiger partial charge in [0.15, 0.2) is 6.29 Å². The van der Waals surface area contributed by atoms with E-state index in [4.69, 9.17) is 0 Å². The lowest BCUT2D eigenvalue weighted by atomic mass is 10.0. The molecule has 0 unspecified atom stereocenters. The highest BCUT2D eigenvalue weighted by atomic mass is 16.3. The Morgan fingerprint density at radius 2 is 1.56 bits per heavy atom. The maximum absolute atomic E-state index is 11.0. The molecule has 146 valence electrons. The lowest BCUT2D eigenvalue weighted by Gasteiger charge is -2.29. The molecule has 2 rings (SSSR count). The number of unbranched alkanes of at least 4 members (excludes halogenated alkanes) is 5. The number of nitrogens with zero attached hydrogens (tertiary/aromatic N) is 1. The van der Waals surface area contributed by atoms with Gasteiger partial charge in [0.2, 0.25) is 0 Å². The standard InChI is InChI=1S/C24H33NO2/c1-5-6-7-8-9-10-13-25(22-12-11-21(17-26)23(27)16-22)24-19(3)14-18(2)15-20(24)4/h11-12,14-17,27H,5-10,13H2,1-4H3. The second-order valence-corrected chi connectivity index (χ2v) is 7.53. The monoisotopic (exact) mass is 367 g/mol. The van der Waals surface area contributed by atoms with Crippen LogP contribution in [0.1, 0.15) is 72.5 Å². The minimum Gasteiger partial charge on any atom is -0.507 e. The van der Waals surface area contributed by atoms with Gasteiger partial charge in [0.1, 0.15) is 5.75 Å². The van der Waals surface area contributed by atoms with Crippen LogP contribution in [-0.4, -0.2) is 17.9 Å². The van der Waals surface area contributed by atoms with Gasteiger partial charge in [0.05, 0.1) is 5.56 Å². The zero-order valence-electron chi connectivity index (χ0n) is 17.2. The summed E-state index contributed by atoms with van der Waals surface area (Å²) in [6, 6.07) is 9.75.